The minimum atomic E-state index is -0.447. The fraction of sp³-hybridized carbons (Fsp3) is 0.370. The number of methoxy groups -OCH3 is 1. The molecular formula is C27H32N2O2S. The van der Waals surface area contributed by atoms with Gasteiger partial charge in [0.15, 0.2) is 0 Å². The molecule has 0 spiro atoms. The normalized spacial score (nSPS) is 19.4. The lowest BCUT2D eigenvalue weighted by molar-refractivity contribution is -0.144. The molecule has 5 heteroatoms. The summed E-state index contributed by atoms with van der Waals surface area (Å²) in [6, 6.07) is 18.7. The number of carbonyl (C=O) groups is 1. The Morgan fingerprint density at radius 3 is 2.47 bits per heavy atom. The predicted molar refractivity (Wildman–Crippen MR) is 132 cm³/mol. The summed E-state index contributed by atoms with van der Waals surface area (Å²) in [5.74, 6) is 0.0497. The Bertz CT molecular complexity index is 967. The van der Waals surface area contributed by atoms with Crippen molar-refractivity contribution in [1.29, 1.82) is 0 Å². The first-order valence-electron chi connectivity index (χ1n) is 11.3. The SMILES string of the molecule is C=C(N[C@@H](Cc1ccc(C)cc1)C1=CSC(C2CC2)N1)C(Cc1ccccc1)C(=O)OC. The van der Waals surface area contributed by atoms with Crippen molar-refractivity contribution in [3.05, 3.63) is 94.7 Å². The van der Waals surface area contributed by atoms with Crippen molar-refractivity contribution < 1.29 is 9.53 Å². The summed E-state index contributed by atoms with van der Waals surface area (Å²) in [5.41, 5.74) is 5.46. The first-order chi connectivity index (χ1) is 15.5. The van der Waals surface area contributed by atoms with E-state index in [1.165, 1.54) is 36.8 Å². The second-order valence-electron chi connectivity index (χ2n) is 8.79. The smallest absolute Gasteiger partial charge is 0.314 e. The average Bonchev–Trinajstić information content (AvgIpc) is 3.55. The van der Waals surface area contributed by atoms with E-state index in [1.807, 2.05) is 42.1 Å². The zero-order chi connectivity index (χ0) is 22.5. The number of benzene rings is 2. The summed E-state index contributed by atoms with van der Waals surface area (Å²) in [6.45, 7) is 6.38. The van der Waals surface area contributed by atoms with Crippen LogP contribution in [0.4, 0.5) is 0 Å². The Morgan fingerprint density at radius 1 is 1.12 bits per heavy atom. The van der Waals surface area contributed by atoms with Gasteiger partial charge >= 0.3 is 5.97 Å². The number of ether oxygens (including phenoxy) is 1. The van der Waals surface area contributed by atoms with E-state index in [2.05, 4.69) is 53.8 Å². The van der Waals surface area contributed by atoms with Crippen LogP contribution in [-0.2, 0) is 22.4 Å². The van der Waals surface area contributed by atoms with Gasteiger partial charge in [-0.2, -0.15) is 0 Å². The highest BCUT2D eigenvalue weighted by Gasteiger charge is 2.36. The molecule has 0 radical (unpaired) electrons. The summed E-state index contributed by atoms with van der Waals surface area (Å²) in [7, 11) is 1.44. The molecule has 1 aliphatic heterocycles. The zero-order valence-electron chi connectivity index (χ0n) is 18.8. The molecule has 1 fully saturated rings. The molecule has 0 bridgehead atoms. The second-order valence-corrected chi connectivity index (χ2v) is 9.80. The van der Waals surface area contributed by atoms with Crippen LogP contribution in [0.3, 0.4) is 0 Å². The molecule has 0 amide bonds. The van der Waals surface area contributed by atoms with E-state index in [0.29, 0.717) is 17.5 Å². The lowest BCUT2D eigenvalue weighted by Gasteiger charge is -2.27. The third-order valence-electron chi connectivity index (χ3n) is 6.19. The Labute approximate surface area is 195 Å². The number of aryl methyl sites for hydroxylation is 1. The highest BCUT2D eigenvalue weighted by atomic mass is 32.2. The van der Waals surface area contributed by atoms with Crippen molar-refractivity contribution in [3.8, 4) is 0 Å². The van der Waals surface area contributed by atoms with Gasteiger partial charge in [-0.25, -0.2) is 0 Å². The molecule has 1 saturated carbocycles. The van der Waals surface area contributed by atoms with Crippen molar-refractivity contribution >= 4 is 17.7 Å². The van der Waals surface area contributed by atoms with Gasteiger partial charge in [0.1, 0.15) is 0 Å². The van der Waals surface area contributed by atoms with E-state index in [4.69, 9.17) is 4.74 Å². The van der Waals surface area contributed by atoms with Gasteiger partial charge in [0.2, 0.25) is 0 Å². The van der Waals surface area contributed by atoms with E-state index < -0.39 is 5.92 Å². The van der Waals surface area contributed by atoms with Gasteiger partial charge in [-0.3, -0.25) is 4.79 Å². The van der Waals surface area contributed by atoms with Crippen molar-refractivity contribution in [2.45, 2.75) is 44.0 Å². The van der Waals surface area contributed by atoms with Gasteiger partial charge < -0.3 is 15.4 Å². The topological polar surface area (TPSA) is 50.4 Å². The third kappa shape index (κ3) is 5.77. The van der Waals surface area contributed by atoms with Gasteiger partial charge in [0.25, 0.3) is 0 Å². The summed E-state index contributed by atoms with van der Waals surface area (Å²) < 4.78 is 5.13. The standard InChI is InChI=1S/C27H32N2O2S/c1-18-9-11-21(12-10-18)16-24(25-17-32-26(29-25)22-13-14-22)28-19(2)23(27(30)31-3)15-20-7-5-4-6-8-20/h4-12,17,22-24,26,28-29H,2,13-16H2,1,3H3/t23?,24-,26?/m0/s1. The Morgan fingerprint density at radius 2 is 1.81 bits per heavy atom. The van der Waals surface area contributed by atoms with Crippen LogP contribution in [0.25, 0.3) is 0 Å². The highest BCUT2D eigenvalue weighted by molar-refractivity contribution is 8.03. The van der Waals surface area contributed by atoms with E-state index in [9.17, 15) is 4.79 Å². The van der Waals surface area contributed by atoms with E-state index >= 15 is 0 Å². The third-order valence-corrected chi connectivity index (χ3v) is 7.37. The molecule has 3 atom stereocenters. The van der Waals surface area contributed by atoms with E-state index in [1.54, 1.807) is 0 Å². The minimum absolute atomic E-state index is 0.0179. The number of rotatable bonds is 10. The maximum Gasteiger partial charge on any atom is 0.314 e. The molecule has 2 N–H and O–H groups in total. The van der Waals surface area contributed by atoms with Crippen LogP contribution in [0.1, 0.15) is 29.5 Å². The quantitative estimate of drug-likeness (QED) is 0.504. The van der Waals surface area contributed by atoms with Crippen molar-refractivity contribution in [3.63, 3.8) is 0 Å². The first-order valence-corrected chi connectivity index (χ1v) is 12.2. The maximum absolute atomic E-state index is 12.6. The molecule has 2 aliphatic rings. The maximum atomic E-state index is 12.6. The van der Waals surface area contributed by atoms with Crippen LogP contribution in [0.2, 0.25) is 0 Å². The summed E-state index contributed by atoms with van der Waals surface area (Å²) in [4.78, 5) is 12.6. The average molecular weight is 449 g/mol. The zero-order valence-corrected chi connectivity index (χ0v) is 19.7. The molecule has 2 aromatic rings. The first kappa shape index (κ1) is 22.5. The molecule has 32 heavy (non-hydrogen) atoms. The molecule has 2 unspecified atom stereocenters. The fourth-order valence-corrected chi connectivity index (χ4v) is 5.28. The van der Waals surface area contributed by atoms with Crippen LogP contribution in [-0.4, -0.2) is 24.5 Å². The van der Waals surface area contributed by atoms with Crippen LogP contribution in [0, 0.1) is 18.8 Å². The molecule has 1 heterocycles. The largest absolute Gasteiger partial charge is 0.468 e. The highest BCUT2D eigenvalue weighted by Crippen LogP contribution is 2.41. The number of hydrogen-bond acceptors (Lipinski definition) is 5. The Kier molecular flexibility index (Phi) is 7.26. The monoisotopic (exact) mass is 448 g/mol. The predicted octanol–water partition coefficient (Wildman–Crippen LogP) is 4.96. The molecule has 0 aromatic heterocycles. The van der Waals surface area contributed by atoms with Crippen LogP contribution < -0.4 is 10.6 Å². The summed E-state index contributed by atoms with van der Waals surface area (Å²) in [6.07, 6.45) is 3.98. The van der Waals surface area contributed by atoms with Gasteiger partial charge in [-0.05, 0) is 55.1 Å². The van der Waals surface area contributed by atoms with Crippen LogP contribution >= 0.6 is 11.8 Å². The number of thioether (sulfide) groups is 1. The molecule has 168 valence electrons. The fourth-order valence-electron chi connectivity index (χ4n) is 4.05. The van der Waals surface area contributed by atoms with Crippen molar-refractivity contribution in [1.82, 2.24) is 10.6 Å². The van der Waals surface area contributed by atoms with Crippen LogP contribution in [0.5, 0.6) is 0 Å². The molecule has 4 rings (SSSR count). The van der Waals surface area contributed by atoms with E-state index in [0.717, 1.165) is 17.9 Å². The van der Waals surface area contributed by atoms with E-state index in [-0.39, 0.29) is 12.0 Å². The molecule has 2 aromatic carbocycles. The van der Waals surface area contributed by atoms with Crippen LogP contribution in [0.15, 0.2) is 78.0 Å². The molecule has 4 nitrogen and oxygen atoms in total. The molecule has 0 saturated heterocycles. The Hall–Kier alpha value is -2.66. The lowest BCUT2D eigenvalue weighted by Crippen LogP contribution is -2.41. The number of nitrogens with one attached hydrogen (secondary N) is 2. The number of carbonyl (C=O) groups excluding carboxylic acids is 1. The minimum Gasteiger partial charge on any atom is -0.468 e. The van der Waals surface area contributed by atoms with Gasteiger partial charge in [0.05, 0.1) is 24.4 Å². The lowest BCUT2D eigenvalue weighted by atomic mass is 9.95. The second kappa shape index (κ2) is 10.3. The van der Waals surface area contributed by atoms with Gasteiger partial charge in [-0.1, -0.05) is 66.7 Å². The Balaban J connectivity index is 1.51. The molecular weight excluding hydrogens is 416 g/mol. The van der Waals surface area contributed by atoms with Crippen molar-refractivity contribution in [2.24, 2.45) is 11.8 Å². The van der Waals surface area contributed by atoms with Crippen molar-refractivity contribution in [2.75, 3.05) is 7.11 Å². The summed E-state index contributed by atoms with van der Waals surface area (Å²) >= 11 is 1.88. The number of hydrogen-bond donors (Lipinski definition) is 2. The summed E-state index contributed by atoms with van der Waals surface area (Å²) in [5, 5.41) is 10.0. The number of esters is 1. The van der Waals surface area contributed by atoms with Gasteiger partial charge in [-0.15, -0.1) is 11.8 Å². The molecule has 1 aliphatic carbocycles. The van der Waals surface area contributed by atoms with Gasteiger partial charge in [0, 0.05) is 11.4 Å².